The highest BCUT2D eigenvalue weighted by Gasteiger charge is 2.52. The molecule has 0 fully saturated rings. The van der Waals surface area contributed by atoms with Crippen molar-refractivity contribution in [2.75, 3.05) is 0 Å². The van der Waals surface area contributed by atoms with E-state index in [4.69, 9.17) is 24.1 Å². The van der Waals surface area contributed by atoms with Crippen LogP contribution in [-0.4, -0.2) is 25.1 Å². The van der Waals surface area contributed by atoms with E-state index in [1.54, 1.807) is 0 Å². The molecule has 7 nitrogen and oxygen atoms in total. The molecule has 0 unspecified atom stereocenters. The zero-order valence-corrected chi connectivity index (χ0v) is 29.3. The van der Waals surface area contributed by atoms with Crippen LogP contribution < -0.4 is 4.74 Å². The van der Waals surface area contributed by atoms with Crippen LogP contribution >= 0.6 is 0 Å². The minimum Gasteiger partial charge on any atom is -0.457 e. The van der Waals surface area contributed by atoms with Crippen LogP contribution in [-0.2, 0) is 5.41 Å². The molecule has 2 aliphatic rings. The van der Waals surface area contributed by atoms with Crippen molar-refractivity contribution >= 4 is 0 Å². The number of fused-ring (bicyclic) bond motifs is 9. The number of hydrogen-bond donors (Lipinski definition) is 0. The molecule has 7 aromatic carbocycles. The molecule has 11 rings (SSSR count). The van der Waals surface area contributed by atoms with Gasteiger partial charge in [0.1, 0.15) is 11.5 Å². The number of nitrogens with zero attached hydrogens (tertiary/aromatic N) is 5. The molecule has 3 heterocycles. The summed E-state index contributed by atoms with van der Waals surface area (Å²) >= 11 is 0. The van der Waals surface area contributed by atoms with Gasteiger partial charge in [-0.1, -0.05) is 140 Å². The maximum absolute atomic E-state index is 6.63. The third kappa shape index (κ3) is 4.80. The number of ether oxygens (including phenoxy) is 1. The van der Waals surface area contributed by atoms with Gasteiger partial charge in [-0.2, -0.15) is 0 Å². The van der Waals surface area contributed by atoms with Crippen LogP contribution in [0.2, 0.25) is 0 Å². The van der Waals surface area contributed by atoms with E-state index in [1.165, 1.54) is 0 Å². The lowest BCUT2D eigenvalue weighted by Crippen LogP contribution is -2.32. The zero-order valence-electron chi connectivity index (χ0n) is 29.3. The molecule has 0 atom stereocenters. The van der Waals surface area contributed by atoms with Crippen LogP contribution in [0, 0.1) is 0 Å². The van der Waals surface area contributed by atoms with Gasteiger partial charge < -0.3 is 9.15 Å². The Morgan fingerprint density at radius 3 is 1.49 bits per heavy atom. The fraction of sp³-hybridized carbons (Fsp3) is 0.0208. The van der Waals surface area contributed by atoms with Crippen molar-refractivity contribution in [3.05, 3.63) is 198 Å². The summed E-state index contributed by atoms with van der Waals surface area (Å²) < 4.78 is 13.1. The molecule has 0 saturated heterocycles. The lowest BCUT2D eigenvalue weighted by Gasteiger charge is -2.39. The fourth-order valence-electron chi connectivity index (χ4n) is 8.25. The van der Waals surface area contributed by atoms with Crippen LogP contribution in [0.1, 0.15) is 22.3 Å². The topological polar surface area (TPSA) is 86.8 Å². The van der Waals surface area contributed by atoms with Crippen LogP contribution in [0.4, 0.5) is 0 Å². The van der Waals surface area contributed by atoms with Gasteiger partial charge in [0.25, 0.3) is 0 Å². The quantitative estimate of drug-likeness (QED) is 0.176. The normalized spacial score (nSPS) is 13.0. The van der Waals surface area contributed by atoms with Crippen LogP contribution in [0.25, 0.3) is 68.2 Å². The number of aromatic nitrogens is 5. The summed E-state index contributed by atoms with van der Waals surface area (Å²) in [6, 6.07) is 59.5. The van der Waals surface area contributed by atoms with Crippen molar-refractivity contribution in [1.82, 2.24) is 25.1 Å². The number of rotatable bonds is 5. The largest absolute Gasteiger partial charge is 0.457 e. The molecule has 9 aromatic rings. The lowest BCUT2D eigenvalue weighted by atomic mass is 9.65. The molecule has 0 bridgehead atoms. The maximum Gasteiger partial charge on any atom is 0.248 e. The molecule has 2 aromatic heterocycles. The Balaban J connectivity index is 1.18. The van der Waals surface area contributed by atoms with Gasteiger partial charge in [-0.05, 0) is 58.7 Å². The molecular formula is C48H29N5O2. The Bertz CT molecular complexity index is 2810. The third-order valence-corrected chi connectivity index (χ3v) is 10.6. The molecule has 7 heteroatoms. The number of benzene rings is 7. The van der Waals surface area contributed by atoms with Gasteiger partial charge >= 0.3 is 0 Å². The summed E-state index contributed by atoms with van der Waals surface area (Å²) in [5.74, 6) is 4.32. The van der Waals surface area contributed by atoms with Crippen molar-refractivity contribution in [3.8, 4) is 79.7 Å². The maximum atomic E-state index is 6.63. The molecule has 0 N–H and O–H groups in total. The first-order valence-corrected chi connectivity index (χ1v) is 18.2. The van der Waals surface area contributed by atoms with Gasteiger partial charge in [-0.15, -0.1) is 10.2 Å². The van der Waals surface area contributed by atoms with Gasteiger partial charge in [0.2, 0.25) is 11.8 Å². The lowest BCUT2D eigenvalue weighted by molar-refractivity contribution is 0.436. The first kappa shape index (κ1) is 31.1. The van der Waals surface area contributed by atoms with Crippen molar-refractivity contribution < 1.29 is 9.15 Å². The number of hydrogen-bond acceptors (Lipinski definition) is 7. The molecule has 1 aliphatic carbocycles. The van der Waals surface area contributed by atoms with Crippen molar-refractivity contribution in [2.45, 2.75) is 5.41 Å². The summed E-state index contributed by atoms with van der Waals surface area (Å²) in [6.45, 7) is 0. The highest BCUT2D eigenvalue weighted by Crippen LogP contribution is 2.64. The van der Waals surface area contributed by atoms with Crippen molar-refractivity contribution in [2.24, 2.45) is 0 Å². The molecule has 55 heavy (non-hydrogen) atoms. The number of para-hydroxylation sites is 2. The molecule has 1 aliphatic heterocycles. The Morgan fingerprint density at radius 1 is 0.364 bits per heavy atom. The van der Waals surface area contributed by atoms with E-state index in [0.29, 0.717) is 29.3 Å². The summed E-state index contributed by atoms with van der Waals surface area (Å²) in [4.78, 5) is 15.1. The fourth-order valence-corrected chi connectivity index (χ4v) is 8.25. The van der Waals surface area contributed by atoms with Gasteiger partial charge in [0.15, 0.2) is 17.5 Å². The van der Waals surface area contributed by atoms with Gasteiger partial charge in [-0.25, -0.2) is 15.0 Å². The second kappa shape index (κ2) is 12.3. The predicted molar refractivity (Wildman–Crippen MR) is 212 cm³/mol. The van der Waals surface area contributed by atoms with E-state index in [0.717, 1.165) is 72.7 Å². The molecule has 0 radical (unpaired) electrons. The molecule has 1 spiro atoms. The zero-order chi connectivity index (χ0) is 36.3. The van der Waals surface area contributed by atoms with Gasteiger partial charge in [0, 0.05) is 38.9 Å². The first-order valence-electron chi connectivity index (χ1n) is 18.2. The van der Waals surface area contributed by atoms with Crippen LogP contribution in [0.15, 0.2) is 180 Å². The monoisotopic (exact) mass is 707 g/mol. The third-order valence-electron chi connectivity index (χ3n) is 10.6. The predicted octanol–water partition coefficient (Wildman–Crippen LogP) is 11.1. The Hall–Kier alpha value is -7.51. The highest BCUT2D eigenvalue weighted by atomic mass is 16.5. The molecular weight excluding hydrogens is 679 g/mol. The molecule has 0 saturated carbocycles. The van der Waals surface area contributed by atoms with E-state index in [2.05, 4.69) is 70.9 Å². The summed E-state index contributed by atoms with van der Waals surface area (Å²) in [6.07, 6.45) is 0. The smallest absolute Gasteiger partial charge is 0.248 e. The summed E-state index contributed by atoms with van der Waals surface area (Å²) in [5.41, 5.74) is 10.0. The second-order valence-electron chi connectivity index (χ2n) is 13.6. The van der Waals surface area contributed by atoms with Crippen LogP contribution in [0.5, 0.6) is 11.5 Å². The standard InChI is InChI=1S/C48H29N5O2/c1-4-15-30(16-5-1)43-49-44(31-17-6-2-7-18-31)51-45(50-43)33-27-28-37-36(29-33)34-21-14-22-35(47-53-52-46(55-47)32-19-8-3-9-20-32)42(34)48(37)38-23-10-12-25-40(38)54-41-26-13-11-24-39(41)48/h1-29H. The Kier molecular flexibility index (Phi) is 6.94. The average Bonchev–Trinajstić information content (AvgIpc) is 3.87. The Morgan fingerprint density at radius 2 is 0.873 bits per heavy atom. The van der Waals surface area contributed by atoms with E-state index < -0.39 is 5.41 Å². The van der Waals surface area contributed by atoms with Crippen molar-refractivity contribution in [3.63, 3.8) is 0 Å². The van der Waals surface area contributed by atoms with Gasteiger partial charge in [-0.3, -0.25) is 0 Å². The highest BCUT2D eigenvalue weighted by molar-refractivity contribution is 5.94. The van der Waals surface area contributed by atoms with E-state index in [1.807, 2.05) is 115 Å². The minimum absolute atomic E-state index is 0.446. The average molecular weight is 708 g/mol. The second-order valence-corrected chi connectivity index (χ2v) is 13.6. The van der Waals surface area contributed by atoms with Crippen LogP contribution in [0.3, 0.4) is 0 Å². The van der Waals surface area contributed by atoms with Gasteiger partial charge in [0.05, 0.1) is 5.41 Å². The summed E-state index contributed by atoms with van der Waals surface area (Å²) in [7, 11) is 0. The summed E-state index contributed by atoms with van der Waals surface area (Å²) in [5, 5.41) is 9.18. The van der Waals surface area contributed by atoms with E-state index in [-0.39, 0.29) is 0 Å². The van der Waals surface area contributed by atoms with Crippen molar-refractivity contribution in [1.29, 1.82) is 0 Å². The molecule has 258 valence electrons. The first-order chi connectivity index (χ1) is 27.3. The molecule has 0 amide bonds. The minimum atomic E-state index is -0.768. The SMILES string of the molecule is c1ccc(-c2nc(-c3ccccc3)nc(-c3ccc4c(c3)-c3cccc(-c5nnc(-c6ccccc6)o5)c3C43c4ccccc4Oc4ccccc43)n2)cc1. The Labute approximate surface area is 316 Å². The van der Waals surface area contributed by atoms with E-state index in [9.17, 15) is 0 Å². The van der Waals surface area contributed by atoms with E-state index >= 15 is 0 Å².